The van der Waals surface area contributed by atoms with Gasteiger partial charge in [0.1, 0.15) is 0 Å². The van der Waals surface area contributed by atoms with Gasteiger partial charge >= 0.3 is 0 Å². The molecule has 1 aliphatic heterocycles. The van der Waals surface area contributed by atoms with Gasteiger partial charge in [0, 0.05) is 24.0 Å². The van der Waals surface area contributed by atoms with Gasteiger partial charge in [-0.2, -0.15) is 0 Å². The molecule has 1 aromatic rings. The highest BCUT2D eigenvalue weighted by atomic mass is 35.5. The summed E-state index contributed by atoms with van der Waals surface area (Å²) in [5, 5.41) is 0. The minimum Gasteiger partial charge on any atom is -0.336 e. The molecule has 1 atom stereocenters. The topological polar surface area (TPSA) is 20.3 Å². The Labute approximate surface area is 114 Å². The lowest BCUT2D eigenvalue weighted by atomic mass is 10.1. The van der Waals surface area contributed by atoms with Gasteiger partial charge in [0.2, 0.25) is 0 Å². The van der Waals surface area contributed by atoms with Crippen LogP contribution in [0.15, 0.2) is 24.3 Å². The van der Waals surface area contributed by atoms with Crippen molar-refractivity contribution in [3.63, 3.8) is 0 Å². The molecule has 0 bridgehead atoms. The molecule has 1 aromatic carbocycles. The number of rotatable bonds is 4. The Balaban J connectivity index is 2.08. The molecule has 1 unspecified atom stereocenters. The summed E-state index contributed by atoms with van der Waals surface area (Å²) in [6, 6.07) is 8.24. The summed E-state index contributed by atoms with van der Waals surface area (Å²) in [7, 11) is 0. The number of carbonyl (C=O) groups excluding carboxylic acids is 1. The highest BCUT2D eigenvalue weighted by Crippen LogP contribution is 2.24. The van der Waals surface area contributed by atoms with Crippen LogP contribution in [0.2, 0.25) is 0 Å². The lowest BCUT2D eigenvalue weighted by molar-refractivity contribution is 0.0730. The number of amides is 1. The predicted molar refractivity (Wildman–Crippen MR) is 75.2 cm³/mol. The van der Waals surface area contributed by atoms with E-state index in [9.17, 15) is 4.79 Å². The van der Waals surface area contributed by atoms with Gasteiger partial charge in [-0.3, -0.25) is 4.79 Å². The van der Waals surface area contributed by atoms with E-state index in [0.717, 1.165) is 43.4 Å². The van der Waals surface area contributed by atoms with E-state index >= 15 is 0 Å². The van der Waals surface area contributed by atoms with Crippen LogP contribution in [0.5, 0.6) is 0 Å². The minimum absolute atomic E-state index is 0.177. The summed E-state index contributed by atoms with van der Waals surface area (Å²) in [4.78, 5) is 14.5. The van der Waals surface area contributed by atoms with Gasteiger partial charge < -0.3 is 4.90 Å². The number of carbonyl (C=O) groups is 1. The number of aryl methyl sites for hydroxylation is 1. The molecular weight excluding hydrogens is 246 g/mol. The predicted octanol–water partition coefficient (Wildman–Crippen LogP) is 3.62. The Morgan fingerprint density at radius 3 is 3.06 bits per heavy atom. The Hall–Kier alpha value is -1.02. The molecule has 0 saturated carbocycles. The van der Waals surface area contributed by atoms with Crippen molar-refractivity contribution in [2.24, 2.45) is 0 Å². The largest absolute Gasteiger partial charge is 0.336 e. The summed E-state index contributed by atoms with van der Waals surface area (Å²) < 4.78 is 0. The van der Waals surface area contributed by atoms with E-state index in [1.165, 1.54) is 0 Å². The van der Waals surface area contributed by atoms with Crippen LogP contribution in [0, 0.1) is 6.92 Å². The molecule has 2 nitrogen and oxygen atoms in total. The van der Waals surface area contributed by atoms with Crippen molar-refractivity contribution in [3.8, 4) is 0 Å². The van der Waals surface area contributed by atoms with E-state index in [-0.39, 0.29) is 5.91 Å². The standard InChI is InChI=1S/C15H20ClNO/c1-12-5-2-6-13(11-12)15(18)17-10-4-8-14(17)7-3-9-16/h2,5-6,11,14H,3-4,7-10H2,1H3. The quantitative estimate of drug-likeness (QED) is 0.762. The highest BCUT2D eigenvalue weighted by Gasteiger charge is 2.28. The maximum Gasteiger partial charge on any atom is 0.254 e. The molecule has 0 radical (unpaired) electrons. The summed E-state index contributed by atoms with van der Waals surface area (Å²) >= 11 is 5.74. The smallest absolute Gasteiger partial charge is 0.254 e. The number of hydrogen-bond donors (Lipinski definition) is 0. The summed E-state index contributed by atoms with van der Waals surface area (Å²) in [5.41, 5.74) is 1.95. The fourth-order valence-corrected chi connectivity index (χ4v) is 2.81. The number of nitrogens with zero attached hydrogens (tertiary/aromatic N) is 1. The number of benzene rings is 1. The van der Waals surface area contributed by atoms with Crippen molar-refractivity contribution in [1.82, 2.24) is 4.90 Å². The molecule has 1 aliphatic rings. The van der Waals surface area contributed by atoms with Gasteiger partial charge in [0.05, 0.1) is 0 Å². The minimum atomic E-state index is 0.177. The van der Waals surface area contributed by atoms with E-state index < -0.39 is 0 Å². The number of alkyl halides is 1. The zero-order chi connectivity index (χ0) is 13.0. The Bertz CT molecular complexity index is 419. The molecule has 1 amide bonds. The first-order valence-corrected chi connectivity index (χ1v) is 7.19. The van der Waals surface area contributed by atoms with Crippen LogP contribution >= 0.6 is 11.6 Å². The molecule has 18 heavy (non-hydrogen) atoms. The van der Waals surface area contributed by atoms with Gasteiger partial charge in [-0.25, -0.2) is 0 Å². The molecule has 0 spiro atoms. The van der Waals surface area contributed by atoms with Gasteiger partial charge in [0.15, 0.2) is 0 Å². The summed E-state index contributed by atoms with van der Waals surface area (Å²) in [5.74, 6) is 0.860. The van der Waals surface area contributed by atoms with E-state index in [1.807, 2.05) is 36.1 Å². The molecule has 0 N–H and O–H groups in total. The van der Waals surface area contributed by atoms with Crippen LogP contribution in [-0.4, -0.2) is 29.3 Å². The lowest BCUT2D eigenvalue weighted by Crippen LogP contribution is -2.35. The van der Waals surface area contributed by atoms with Crippen molar-refractivity contribution in [2.45, 2.75) is 38.6 Å². The summed E-state index contributed by atoms with van der Waals surface area (Å²) in [6.07, 6.45) is 4.25. The van der Waals surface area contributed by atoms with Gasteiger partial charge in [-0.15, -0.1) is 11.6 Å². The first kappa shape index (κ1) is 13.4. The third-order valence-electron chi connectivity index (χ3n) is 3.57. The van der Waals surface area contributed by atoms with Crippen LogP contribution in [0.4, 0.5) is 0 Å². The Morgan fingerprint density at radius 1 is 1.50 bits per heavy atom. The molecule has 0 aliphatic carbocycles. The SMILES string of the molecule is Cc1cccc(C(=O)N2CCCC2CCCCl)c1. The van der Waals surface area contributed by atoms with Crippen molar-refractivity contribution < 1.29 is 4.79 Å². The van der Waals surface area contributed by atoms with Crippen molar-refractivity contribution >= 4 is 17.5 Å². The highest BCUT2D eigenvalue weighted by molar-refractivity contribution is 6.17. The maximum absolute atomic E-state index is 12.5. The van der Waals surface area contributed by atoms with Crippen LogP contribution in [0.25, 0.3) is 0 Å². The van der Waals surface area contributed by atoms with Crippen molar-refractivity contribution in [1.29, 1.82) is 0 Å². The van der Waals surface area contributed by atoms with Gasteiger partial charge in [-0.05, 0) is 44.7 Å². The molecule has 1 saturated heterocycles. The Kier molecular flexibility index (Phi) is 4.65. The molecule has 1 fully saturated rings. The van der Waals surface area contributed by atoms with Crippen LogP contribution in [-0.2, 0) is 0 Å². The van der Waals surface area contributed by atoms with Gasteiger partial charge in [0.25, 0.3) is 5.91 Å². The third-order valence-corrected chi connectivity index (χ3v) is 3.84. The Morgan fingerprint density at radius 2 is 2.33 bits per heavy atom. The van der Waals surface area contributed by atoms with Crippen molar-refractivity contribution in [3.05, 3.63) is 35.4 Å². The van der Waals surface area contributed by atoms with E-state index in [4.69, 9.17) is 11.6 Å². The second-order valence-electron chi connectivity index (χ2n) is 5.00. The number of halogens is 1. The van der Waals surface area contributed by atoms with Crippen LogP contribution < -0.4 is 0 Å². The van der Waals surface area contributed by atoms with Gasteiger partial charge in [-0.1, -0.05) is 17.7 Å². The third kappa shape index (κ3) is 3.05. The first-order chi connectivity index (χ1) is 8.72. The monoisotopic (exact) mass is 265 g/mol. The van der Waals surface area contributed by atoms with E-state index in [2.05, 4.69) is 0 Å². The van der Waals surface area contributed by atoms with Crippen LogP contribution in [0.3, 0.4) is 0 Å². The fourth-order valence-electron chi connectivity index (χ4n) is 2.66. The molecule has 3 heteroatoms. The van der Waals surface area contributed by atoms with Crippen LogP contribution in [0.1, 0.15) is 41.6 Å². The zero-order valence-corrected chi connectivity index (χ0v) is 11.6. The lowest BCUT2D eigenvalue weighted by Gasteiger charge is -2.24. The first-order valence-electron chi connectivity index (χ1n) is 6.66. The van der Waals surface area contributed by atoms with E-state index in [1.54, 1.807) is 0 Å². The number of likely N-dealkylation sites (tertiary alicyclic amines) is 1. The molecular formula is C15H20ClNO. The van der Waals surface area contributed by atoms with E-state index in [0.29, 0.717) is 11.9 Å². The van der Waals surface area contributed by atoms with Crippen molar-refractivity contribution in [2.75, 3.05) is 12.4 Å². The second-order valence-corrected chi connectivity index (χ2v) is 5.37. The second kappa shape index (κ2) is 6.24. The average Bonchev–Trinajstić information content (AvgIpc) is 2.83. The molecule has 2 rings (SSSR count). The normalized spacial score (nSPS) is 19.2. The average molecular weight is 266 g/mol. The fraction of sp³-hybridized carbons (Fsp3) is 0.533. The summed E-state index contributed by atoms with van der Waals surface area (Å²) in [6.45, 7) is 2.91. The maximum atomic E-state index is 12.5. The zero-order valence-electron chi connectivity index (χ0n) is 10.9. The molecule has 0 aromatic heterocycles. The molecule has 1 heterocycles. The molecule has 98 valence electrons. The number of hydrogen-bond acceptors (Lipinski definition) is 1.